The maximum absolute atomic E-state index is 5.91. The lowest BCUT2D eigenvalue weighted by molar-refractivity contribution is 1.23. The molecule has 11 heavy (non-hydrogen) atoms. The van der Waals surface area contributed by atoms with E-state index in [2.05, 4.69) is 13.0 Å². The minimum atomic E-state index is 0.817. The van der Waals surface area contributed by atoms with E-state index < -0.39 is 0 Å². The Hall–Kier alpha value is -0.750. The van der Waals surface area contributed by atoms with Crippen LogP contribution in [0.5, 0.6) is 0 Å². The fourth-order valence-corrected chi connectivity index (χ4v) is 1.05. The van der Waals surface area contributed by atoms with Gasteiger partial charge in [0.1, 0.15) is 0 Å². The Bertz CT molecular complexity index is 251. The van der Waals surface area contributed by atoms with Gasteiger partial charge in [0, 0.05) is 5.02 Å². The smallest absolute Gasteiger partial charge is 0.0478 e. The van der Waals surface area contributed by atoms with Gasteiger partial charge in [0.25, 0.3) is 0 Å². The summed E-state index contributed by atoms with van der Waals surface area (Å²) in [7, 11) is 0. The summed E-state index contributed by atoms with van der Waals surface area (Å²) < 4.78 is 0. The molecule has 0 amide bonds. The number of hydrogen-bond acceptors (Lipinski definition) is 0. The Balaban J connectivity index is 2.86. The SMILES string of the molecule is CC/C=C/c1ccccc1Cl. The number of allylic oxidation sites excluding steroid dienone is 1. The molecule has 58 valence electrons. The van der Waals surface area contributed by atoms with Crippen molar-refractivity contribution < 1.29 is 0 Å². The van der Waals surface area contributed by atoms with Crippen molar-refractivity contribution in [2.24, 2.45) is 0 Å². The van der Waals surface area contributed by atoms with Crippen LogP contribution in [0.15, 0.2) is 30.3 Å². The van der Waals surface area contributed by atoms with E-state index in [-0.39, 0.29) is 0 Å². The van der Waals surface area contributed by atoms with Gasteiger partial charge in [-0.25, -0.2) is 0 Å². The van der Waals surface area contributed by atoms with Gasteiger partial charge in [-0.3, -0.25) is 0 Å². The molecule has 1 heteroatoms. The number of hydrogen-bond donors (Lipinski definition) is 0. The van der Waals surface area contributed by atoms with Crippen LogP contribution in [0, 0.1) is 0 Å². The molecule has 0 heterocycles. The highest BCUT2D eigenvalue weighted by atomic mass is 35.5. The second-order valence-electron chi connectivity index (χ2n) is 2.33. The zero-order valence-electron chi connectivity index (χ0n) is 6.55. The van der Waals surface area contributed by atoms with Crippen molar-refractivity contribution in [3.05, 3.63) is 40.9 Å². The zero-order chi connectivity index (χ0) is 8.10. The van der Waals surface area contributed by atoms with Gasteiger partial charge in [-0.15, -0.1) is 0 Å². The molecule has 0 fully saturated rings. The lowest BCUT2D eigenvalue weighted by Crippen LogP contribution is -1.71. The van der Waals surface area contributed by atoms with Gasteiger partial charge in [0.05, 0.1) is 0 Å². The lowest BCUT2D eigenvalue weighted by atomic mass is 10.2. The second-order valence-corrected chi connectivity index (χ2v) is 2.74. The standard InChI is InChI=1S/C10H11Cl/c1-2-3-6-9-7-4-5-8-10(9)11/h3-8H,2H2,1H3/b6-3+. The quantitative estimate of drug-likeness (QED) is 0.628. The molecule has 0 radical (unpaired) electrons. The normalized spacial score (nSPS) is 10.7. The first-order valence-corrected chi connectivity index (χ1v) is 4.13. The van der Waals surface area contributed by atoms with E-state index in [1.165, 1.54) is 0 Å². The van der Waals surface area contributed by atoms with Crippen LogP contribution >= 0.6 is 11.6 Å². The van der Waals surface area contributed by atoms with E-state index in [1.807, 2.05) is 30.3 Å². The molecule has 0 nitrogen and oxygen atoms in total. The number of benzene rings is 1. The van der Waals surface area contributed by atoms with Crippen LogP contribution in [0.25, 0.3) is 6.08 Å². The first kappa shape index (κ1) is 8.35. The minimum absolute atomic E-state index is 0.817. The lowest BCUT2D eigenvalue weighted by Gasteiger charge is -1.94. The Morgan fingerprint density at radius 1 is 1.36 bits per heavy atom. The minimum Gasteiger partial charge on any atom is -0.0842 e. The Kier molecular flexibility index (Phi) is 3.18. The molecule has 0 aliphatic heterocycles. The number of halogens is 1. The summed E-state index contributed by atoms with van der Waals surface area (Å²) in [6, 6.07) is 7.83. The highest BCUT2D eigenvalue weighted by Crippen LogP contribution is 2.16. The molecule has 0 bridgehead atoms. The molecule has 1 rings (SSSR count). The maximum atomic E-state index is 5.91. The highest BCUT2D eigenvalue weighted by Gasteiger charge is 1.90. The fourth-order valence-electron chi connectivity index (χ4n) is 0.855. The van der Waals surface area contributed by atoms with Crippen molar-refractivity contribution >= 4 is 17.7 Å². The van der Waals surface area contributed by atoms with Crippen molar-refractivity contribution in [3.63, 3.8) is 0 Å². The topological polar surface area (TPSA) is 0 Å². The molecule has 0 aliphatic rings. The molecular formula is C10H11Cl. The van der Waals surface area contributed by atoms with E-state index in [0.717, 1.165) is 17.0 Å². The third-order valence-electron chi connectivity index (χ3n) is 1.44. The average Bonchev–Trinajstić information content (AvgIpc) is 2.03. The zero-order valence-corrected chi connectivity index (χ0v) is 7.31. The Labute approximate surface area is 72.5 Å². The van der Waals surface area contributed by atoms with Crippen LogP contribution in [-0.4, -0.2) is 0 Å². The van der Waals surface area contributed by atoms with Gasteiger partial charge in [-0.05, 0) is 18.1 Å². The van der Waals surface area contributed by atoms with Gasteiger partial charge in [0.2, 0.25) is 0 Å². The maximum Gasteiger partial charge on any atom is 0.0478 e. The van der Waals surface area contributed by atoms with Crippen LogP contribution in [0.3, 0.4) is 0 Å². The van der Waals surface area contributed by atoms with Crippen molar-refractivity contribution in [3.8, 4) is 0 Å². The van der Waals surface area contributed by atoms with E-state index in [4.69, 9.17) is 11.6 Å². The van der Waals surface area contributed by atoms with Crippen molar-refractivity contribution in [2.75, 3.05) is 0 Å². The Morgan fingerprint density at radius 3 is 2.73 bits per heavy atom. The van der Waals surface area contributed by atoms with Gasteiger partial charge >= 0.3 is 0 Å². The molecular weight excluding hydrogens is 156 g/mol. The number of rotatable bonds is 2. The molecule has 0 spiro atoms. The molecule has 0 aliphatic carbocycles. The van der Waals surface area contributed by atoms with Gasteiger partial charge in [-0.1, -0.05) is 48.9 Å². The van der Waals surface area contributed by atoms with Crippen molar-refractivity contribution in [1.29, 1.82) is 0 Å². The molecule has 1 aromatic carbocycles. The summed E-state index contributed by atoms with van der Waals surface area (Å²) in [5.41, 5.74) is 1.09. The van der Waals surface area contributed by atoms with Crippen LogP contribution in [0.2, 0.25) is 5.02 Å². The average molecular weight is 167 g/mol. The predicted molar refractivity (Wildman–Crippen MR) is 50.8 cm³/mol. The van der Waals surface area contributed by atoms with Gasteiger partial charge in [-0.2, -0.15) is 0 Å². The molecule has 0 aromatic heterocycles. The van der Waals surface area contributed by atoms with E-state index in [9.17, 15) is 0 Å². The van der Waals surface area contributed by atoms with Gasteiger partial charge < -0.3 is 0 Å². The molecule has 0 saturated carbocycles. The molecule has 0 saturated heterocycles. The summed E-state index contributed by atoms with van der Waals surface area (Å²) in [5, 5.41) is 0.817. The predicted octanol–water partition coefficient (Wildman–Crippen LogP) is 3.76. The third-order valence-corrected chi connectivity index (χ3v) is 1.78. The molecule has 0 atom stereocenters. The Morgan fingerprint density at radius 2 is 2.09 bits per heavy atom. The van der Waals surface area contributed by atoms with E-state index >= 15 is 0 Å². The summed E-state index contributed by atoms with van der Waals surface area (Å²) >= 11 is 5.91. The van der Waals surface area contributed by atoms with Crippen molar-refractivity contribution in [2.45, 2.75) is 13.3 Å². The second kappa shape index (κ2) is 4.20. The van der Waals surface area contributed by atoms with Crippen LogP contribution in [-0.2, 0) is 0 Å². The molecule has 0 N–H and O–H groups in total. The highest BCUT2D eigenvalue weighted by molar-refractivity contribution is 6.32. The fraction of sp³-hybridized carbons (Fsp3) is 0.200. The molecule has 1 aromatic rings. The first-order valence-electron chi connectivity index (χ1n) is 3.75. The van der Waals surface area contributed by atoms with Crippen LogP contribution in [0.1, 0.15) is 18.9 Å². The monoisotopic (exact) mass is 166 g/mol. The third kappa shape index (κ3) is 2.39. The van der Waals surface area contributed by atoms with E-state index in [0.29, 0.717) is 0 Å². The van der Waals surface area contributed by atoms with E-state index in [1.54, 1.807) is 0 Å². The summed E-state index contributed by atoms with van der Waals surface area (Å²) in [5.74, 6) is 0. The summed E-state index contributed by atoms with van der Waals surface area (Å²) in [4.78, 5) is 0. The molecule has 0 unspecified atom stereocenters. The summed E-state index contributed by atoms with van der Waals surface area (Å²) in [6.07, 6.45) is 5.19. The first-order chi connectivity index (χ1) is 5.34. The van der Waals surface area contributed by atoms with Gasteiger partial charge in [0.15, 0.2) is 0 Å². The largest absolute Gasteiger partial charge is 0.0842 e. The van der Waals surface area contributed by atoms with Crippen LogP contribution in [0.4, 0.5) is 0 Å². The van der Waals surface area contributed by atoms with Crippen LogP contribution < -0.4 is 0 Å². The van der Waals surface area contributed by atoms with Crippen molar-refractivity contribution in [1.82, 2.24) is 0 Å². The summed E-state index contributed by atoms with van der Waals surface area (Å²) in [6.45, 7) is 2.10.